The van der Waals surface area contributed by atoms with E-state index < -0.39 is 6.10 Å². The third kappa shape index (κ3) is 45.3. The summed E-state index contributed by atoms with van der Waals surface area (Å²) in [6, 6.07) is 0. The van der Waals surface area contributed by atoms with Crippen molar-refractivity contribution in [3.63, 3.8) is 0 Å². The van der Waals surface area contributed by atoms with Crippen LogP contribution in [0.25, 0.3) is 0 Å². The van der Waals surface area contributed by atoms with Crippen LogP contribution < -0.4 is 0 Å². The topological polar surface area (TPSA) is 61.8 Å². The van der Waals surface area contributed by atoms with Crippen molar-refractivity contribution >= 4 is 11.9 Å². The van der Waals surface area contributed by atoms with Crippen molar-refractivity contribution in [1.82, 2.24) is 0 Å². The second kappa shape index (κ2) is 47.9. The Morgan fingerprint density at radius 1 is 0.397 bits per heavy atom. The zero-order valence-electron chi connectivity index (χ0n) is 37.5. The molecule has 5 nitrogen and oxygen atoms in total. The molecule has 0 saturated carbocycles. The fourth-order valence-corrected chi connectivity index (χ4v) is 5.88. The first-order valence-electron chi connectivity index (χ1n) is 23.4. The highest BCUT2D eigenvalue weighted by molar-refractivity contribution is 5.70. The smallest absolute Gasteiger partial charge is 0.306 e. The number of hydrogen-bond donors (Lipinski definition) is 0. The predicted octanol–water partition coefficient (Wildman–Crippen LogP) is 15.7. The van der Waals surface area contributed by atoms with Gasteiger partial charge >= 0.3 is 11.9 Å². The molecule has 328 valence electrons. The number of allylic oxidation sites excluding steroid dienone is 17. The van der Waals surface area contributed by atoms with Gasteiger partial charge in [0.25, 0.3) is 0 Å². The summed E-state index contributed by atoms with van der Waals surface area (Å²) in [4.78, 5) is 25.3. The summed E-state index contributed by atoms with van der Waals surface area (Å²) in [7, 11) is 0. The first-order chi connectivity index (χ1) is 28.6. The van der Waals surface area contributed by atoms with Gasteiger partial charge in [-0.25, -0.2) is 0 Å². The van der Waals surface area contributed by atoms with Gasteiger partial charge in [0.1, 0.15) is 6.61 Å². The van der Waals surface area contributed by atoms with Crippen LogP contribution in [0.15, 0.2) is 109 Å². The van der Waals surface area contributed by atoms with E-state index in [9.17, 15) is 9.59 Å². The second-order valence-corrected chi connectivity index (χ2v) is 14.9. The van der Waals surface area contributed by atoms with Gasteiger partial charge in [-0.15, -0.1) is 0 Å². The van der Waals surface area contributed by atoms with Crippen molar-refractivity contribution in [2.75, 3.05) is 19.8 Å². The molecule has 0 saturated heterocycles. The number of carbonyl (C=O) groups is 2. The number of carbonyl (C=O) groups excluding carboxylic acids is 2. The van der Waals surface area contributed by atoms with Gasteiger partial charge in [0.05, 0.1) is 13.2 Å². The van der Waals surface area contributed by atoms with Crippen LogP contribution in [-0.2, 0) is 23.8 Å². The van der Waals surface area contributed by atoms with Gasteiger partial charge in [-0.05, 0) is 109 Å². The lowest BCUT2D eigenvalue weighted by Crippen LogP contribution is -2.30. The molecule has 0 fully saturated rings. The maximum Gasteiger partial charge on any atom is 0.306 e. The Morgan fingerprint density at radius 2 is 0.776 bits per heavy atom. The zero-order valence-corrected chi connectivity index (χ0v) is 37.5. The Balaban J connectivity index is 4.47. The lowest BCUT2D eigenvalue weighted by atomic mass is 10.1. The van der Waals surface area contributed by atoms with Crippen LogP contribution in [0.1, 0.15) is 188 Å². The van der Waals surface area contributed by atoms with Crippen molar-refractivity contribution in [2.24, 2.45) is 0 Å². The Morgan fingerprint density at radius 3 is 1.28 bits per heavy atom. The van der Waals surface area contributed by atoms with Crippen molar-refractivity contribution in [1.29, 1.82) is 0 Å². The summed E-state index contributed by atoms with van der Waals surface area (Å²) >= 11 is 0. The van der Waals surface area contributed by atoms with E-state index in [1.807, 2.05) is 0 Å². The minimum Gasteiger partial charge on any atom is -0.462 e. The molecule has 0 radical (unpaired) electrons. The van der Waals surface area contributed by atoms with Crippen LogP contribution >= 0.6 is 0 Å². The van der Waals surface area contributed by atoms with Crippen molar-refractivity contribution in [3.05, 3.63) is 109 Å². The average molecular weight is 803 g/mol. The monoisotopic (exact) mass is 803 g/mol. The maximum atomic E-state index is 12.7. The van der Waals surface area contributed by atoms with Crippen LogP contribution in [0.4, 0.5) is 0 Å². The molecule has 0 spiro atoms. The largest absolute Gasteiger partial charge is 0.462 e. The molecule has 0 heterocycles. The SMILES string of the molecule is CC/C=C\C/C=C\C/C=C\C/C=C\C/C=C\CCOCC(COC(=O)CCCCC/C=C\C/C=C\C/C=C\CC)OC(=O)CCCCCCC/C=C\CCCCCC. The second-order valence-electron chi connectivity index (χ2n) is 14.9. The average Bonchev–Trinajstić information content (AvgIpc) is 3.22. The summed E-state index contributed by atoms with van der Waals surface area (Å²) in [6.45, 7) is 7.31. The van der Waals surface area contributed by atoms with E-state index in [0.717, 1.165) is 109 Å². The van der Waals surface area contributed by atoms with E-state index >= 15 is 0 Å². The Labute approximate surface area is 357 Å². The van der Waals surface area contributed by atoms with Gasteiger partial charge in [0.2, 0.25) is 0 Å². The lowest BCUT2D eigenvalue weighted by Gasteiger charge is -2.18. The molecule has 0 aliphatic carbocycles. The fourth-order valence-electron chi connectivity index (χ4n) is 5.88. The molecule has 0 aromatic rings. The van der Waals surface area contributed by atoms with Gasteiger partial charge in [0, 0.05) is 12.8 Å². The summed E-state index contributed by atoms with van der Waals surface area (Å²) in [6.07, 6.45) is 65.4. The molecular weight excluding hydrogens is 717 g/mol. The Bertz CT molecular complexity index is 1180. The lowest BCUT2D eigenvalue weighted by molar-refractivity contribution is -0.162. The summed E-state index contributed by atoms with van der Waals surface area (Å²) in [5.74, 6) is -0.491. The molecule has 0 aromatic carbocycles. The molecule has 0 bridgehead atoms. The summed E-state index contributed by atoms with van der Waals surface area (Å²) in [5.41, 5.74) is 0. The molecule has 0 rings (SSSR count). The third-order valence-corrected chi connectivity index (χ3v) is 9.29. The van der Waals surface area contributed by atoms with Gasteiger partial charge in [-0.3, -0.25) is 9.59 Å². The van der Waals surface area contributed by atoms with Gasteiger partial charge in [-0.1, -0.05) is 175 Å². The molecule has 0 aliphatic heterocycles. The molecular formula is C53H86O5. The van der Waals surface area contributed by atoms with Crippen LogP contribution in [-0.4, -0.2) is 37.9 Å². The fraction of sp³-hybridized carbons (Fsp3) is 0.623. The highest BCUT2D eigenvalue weighted by Crippen LogP contribution is 2.11. The molecule has 0 N–H and O–H groups in total. The molecule has 0 aromatic heterocycles. The molecule has 58 heavy (non-hydrogen) atoms. The number of rotatable bonds is 41. The maximum absolute atomic E-state index is 12.7. The first kappa shape index (κ1) is 54.6. The third-order valence-electron chi connectivity index (χ3n) is 9.29. The number of unbranched alkanes of at least 4 members (excludes halogenated alkanes) is 12. The van der Waals surface area contributed by atoms with Gasteiger partial charge in [-0.2, -0.15) is 0 Å². The Kier molecular flexibility index (Phi) is 45.1. The van der Waals surface area contributed by atoms with E-state index in [-0.39, 0.29) is 25.2 Å². The molecule has 1 unspecified atom stereocenters. The highest BCUT2D eigenvalue weighted by Gasteiger charge is 2.17. The minimum atomic E-state index is -0.597. The normalized spacial score (nSPS) is 13.2. The number of esters is 2. The minimum absolute atomic E-state index is 0.0306. The Hall–Kier alpha value is -3.44. The van der Waals surface area contributed by atoms with Crippen molar-refractivity contribution < 1.29 is 23.8 Å². The van der Waals surface area contributed by atoms with E-state index in [0.29, 0.717) is 19.4 Å². The van der Waals surface area contributed by atoms with Crippen molar-refractivity contribution in [3.8, 4) is 0 Å². The standard InChI is InChI=1S/C53H86O5/c1-4-7-10-13-16-19-22-25-26-27-30-33-36-39-42-45-48-56-49-51(58-53(55)47-44-41-38-35-32-29-24-21-18-15-12-9-6-3)50-57-52(54)46-43-40-37-34-31-28-23-20-17-14-11-8-5-2/h7-8,10-11,16-17,19-21,24-26,28,30-31,33,39,42,51H,4-6,9,12-15,18,22-23,27,29,32,34-38,40-41,43-50H2,1-3H3/b10-7-,11-8-,19-16-,20-17-,24-21-,26-25-,31-28-,33-30-,42-39-. The molecule has 1 atom stereocenters. The highest BCUT2D eigenvalue weighted by atomic mass is 16.6. The number of ether oxygens (including phenoxy) is 3. The van der Waals surface area contributed by atoms with Gasteiger partial charge < -0.3 is 14.2 Å². The molecule has 0 aliphatic rings. The van der Waals surface area contributed by atoms with E-state index in [2.05, 4.69) is 130 Å². The molecule has 0 amide bonds. The number of hydrogen-bond acceptors (Lipinski definition) is 5. The molecule has 5 heteroatoms. The first-order valence-corrected chi connectivity index (χ1v) is 23.4. The summed E-state index contributed by atoms with van der Waals surface area (Å²) < 4.78 is 17.2. The van der Waals surface area contributed by atoms with E-state index in [4.69, 9.17) is 14.2 Å². The van der Waals surface area contributed by atoms with Crippen LogP contribution in [0.2, 0.25) is 0 Å². The van der Waals surface area contributed by atoms with Crippen LogP contribution in [0, 0.1) is 0 Å². The van der Waals surface area contributed by atoms with Gasteiger partial charge in [0.15, 0.2) is 6.10 Å². The zero-order chi connectivity index (χ0) is 42.1. The van der Waals surface area contributed by atoms with Crippen LogP contribution in [0.5, 0.6) is 0 Å². The quantitative estimate of drug-likeness (QED) is 0.0350. The van der Waals surface area contributed by atoms with E-state index in [1.165, 1.54) is 44.9 Å². The predicted molar refractivity (Wildman–Crippen MR) is 251 cm³/mol. The van der Waals surface area contributed by atoms with E-state index in [1.54, 1.807) is 0 Å². The summed E-state index contributed by atoms with van der Waals surface area (Å²) in [5, 5.41) is 0. The van der Waals surface area contributed by atoms with Crippen LogP contribution in [0.3, 0.4) is 0 Å². The van der Waals surface area contributed by atoms with Crippen molar-refractivity contribution in [2.45, 2.75) is 194 Å².